The average molecular weight is 171 g/mol. The van der Waals surface area contributed by atoms with Crippen LogP contribution >= 0.6 is 0 Å². The van der Waals surface area contributed by atoms with Gasteiger partial charge in [0.15, 0.2) is 5.96 Å². The zero-order valence-corrected chi connectivity index (χ0v) is 8.27. The number of nitrogens with two attached hydrogens (primary N) is 1. The van der Waals surface area contributed by atoms with Crippen LogP contribution in [0, 0.1) is 0 Å². The third-order valence-electron chi connectivity index (χ3n) is 1.65. The molecule has 72 valence electrons. The zero-order valence-electron chi connectivity index (χ0n) is 8.27. The highest BCUT2D eigenvalue weighted by atomic mass is 15.1. The number of hydrogen-bond acceptors (Lipinski definition) is 1. The van der Waals surface area contributed by atoms with E-state index in [9.17, 15) is 0 Å². The van der Waals surface area contributed by atoms with Crippen LogP contribution in [-0.2, 0) is 0 Å². The van der Waals surface area contributed by atoms with Gasteiger partial charge in [0, 0.05) is 13.1 Å². The predicted octanol–water partition coefficient (Wildman–Crippen LogP) is 1.49. The maximum Gasteiger partial charge on any atom is 0.188 e. The van der Waals surface area contributed by atoms with Crippen LogP contribution in [0.2, 0.25) is 0 Å². The third-order valence-corrected chi connectivity index (χ3v) is 1.65. The fourth-order valence-electron chi connectivity index (χ4n) is 0.975. The summed E-state index contributed by atoms with van der Waals surface area (Å²) < 4.78 is 0. The van der Waals surface area contributed by atoms with E-state index in [1.165, 1.54) is 19.3 Å². The molecule has 0 radical (unpaired) electrons. The van der Waals surface area contributed by atoms with Gasteiger partial charge >= 0.3 is 0 Å². The monoisotopic (exact) mass is 171 g/mol. The highest BCUT2D eigenvalue weighted by Gasteiger charge is 1.88. The van der Waals surface area contributed by atoms with Crippen LogP contribution in [0.1, 0.15) is 39.5 Å². The quantitative estimate of drug-likeness (QED) is 0.361. The molecule has 0 saturated carbocycles. The van der Waals surface area contributed by atoms with Gasteiger partial charge in [-0.05, 0) is 13.3 Å². The number of nitrogens with one attached hydrogen (secondary N) is 1. The molecule has 0 spiro atoms. The molecule has 0 unspecified atom stereocenters. The summed E-state index contributed by atoms with van der Waals surface area (Å²) >= 11 is 0. The standard InChI is InChI=1S/C9H21N3/c1-3-5-6-7-8-12-9(10)11-4-2/h3-8H2,1-2H3,(H3,10,11,12). The summed E-state index contributed by atoms with van der Waals surface area (Å²) in [6.07, 6.45) is 4.99. The SMILES string of the molecule is CCCCCCN=C(N)NCC. The Morgan fingerprint density at radius 1 is 1.25 bits per heavy atom. The summed E-state index contributed by atoms with van der Waals surface area (Å²) in [6.45, 7) is 5.93. The molecule has 0 saturated heterocycles. The molecular weight excluding hydrogens is 150 g/mol. The van der Waals surface area contributed by atoms with Crippen LogP contribution in [0.25, 0.3) is 0 Å². The van der Waals surface area contributed by atoms with Crippen molar-refractivity contribution in [2.75, 3.05) is 13.1 Å². The Hall–Kier alpha value is -0.730. The van der Waals surface area contributed by atoms with Crippen molar-refractivity contribution >= 4 is 5.96 Å². The van der Waals surface area contributed by atoms with E-state index in [4.69, 9.17) is 5.73 Å². The van der Waals surface area contributed by atoms with Gasteiger partial charge in [-0.15, -0.1) is 0 Å². The normalized spacial score (nSPS) is 11.7. The van der Waals surface area contributed by atoms with Gasteiger partial charge in [-0.3, -0.25) is 4.99 Å². The van der Waals surface area contributed by atoms with Crippen LogP contribution < -0.4 is 11.1 Å². The molecule has 0 amide bonds. The topological polar surface area (TPSA) is 50.4 Å². The Kier molecular flexibility index (Phi) is 7.86. The van der Waals surface area contributed by atoms with E-state index in [1.54, 1.807) is 0 Å². The lowest BCUT2D eigenvalue weighted by atomic mass is 10.2. The zero-order chi connectivity index (χ0) is 9.23. The van der Waals surface area contributed by atoms with Crippen molar-refractivity contribution in [1.82, 2.24) is 5.32 Å². The molecule has 3 N–H and O–H groups in total. The molecule has 0 aliphatic rings. The maximum absolute atomic E-state index is 5.54. The minimum atomic E-state index is 0.578. The highest BCUT2D eigenvalue weighted by molar-refractivity contribution is 5.77. The minimum Gasteiger partial charge on any atom is -0.370 e. The lowest BCUT2D eigenvalue weighted by Crippen LogP contribution is -2.31. The predicted molar refractivity (Wildman–Crippen MR) is 54.3 cm³/mol. The molecule has 0 aromatic heterocycles. The molecule has 0 atom stereocenters. The van der Waals surface area contributed by atoms with Gasteiger partial charge in [0.05, 0.1) is 0 Å². The fourth-order valence-corrected chi connectivity index (χ4v) is 0.975. The van der Waals surface area contributed by atoms with E-state index in [0.717, 1.165) is 19.5 Å². The Morgan fingerprint density at radius 3 is 2.58 bits per heavy atom. The van der Waals surface area contributed by atoms with Crippen molar-refractivity contribution in [2.24, 2.45) is 10.7 Å². The molecule has 0 heterocycles. The number of nitrogens with zero attached hydrogens (tertiary/aromatic N) is 1. The van der Waals surface area contributed by atoms with Crippen molar-refractivity contribution < 1.29 is 0 Å². The molecule has 3 heteroatoms. The molecule has 3 nitrogen and oxygen atoms in total. The van der Waals surface area contributed by atoms with Crippen LogP contribution in [0.5, 0.6) is 0 Å². The average Bonchev–Trinajstić information content (AvgIpc) is 2.05. The van der Waals surface area contributed by atoms with Gasteiger partial charge in [0.1, 0.15) is 0 Å². The van der Waals surface area contributed by atoms with Crippen molar-refractivity contribution in [3.63, 3.8) is 0 Å². The number of hydrogen-bond donors (Lipinski definition) is 2. The lowest BCUT2D eigenvalue weighted by Gasteiger charge is -2.00. The van der Waals surface area contributed by atoms with Gasteiger partial charge in [-0.25, -0.2) is 0 Å². The summed E-state index contributed by atoms with van der Waals surface area (Å²) in [7, 11) is 0. The molecule has 0 aliphatic heterocycles. The van der Waals surface area contributed by atoms with Crippen LogP contribution in [0.15, 0.2) is 4.99 Å². The molecule has 0 aliphatic carbocycles. The molecule has 0 aromatic carbocycles. The largest absolute Gasteiger partial charge is 0.370 e. The minimum absolute atomic E-state index is 0.578. The van der Waals surface area contributed by atoms with Crippen molar-refractivity contribution in [3.05, 3.63) is 0 Å². The number of aliphatic imine (C=N–C) groups is 1. The van der Waals surface area contributed by atoms with E-state index in [0.29, 0.717) is 5.96 Å². The molecular formula is C9H21N3. The first-order chi connectivity index (χ1) is 5.81. The molecule has 0 aromatic rings. The second-order valence-electron chi connectivity index (χ2n) is 2.86. The Labute approximate surface area is 75.4 Å². The van der Waals surface area contributed by atoms with Crippen molar-refractivity contribution in [1.29, 1.82) is 0 Å². The van der Waals surface area contributed by atoms with Gasteiger partial charge in [-0.2, -0.15) is 0 Å². The molecule has 0 fully saturated rings. The lowest BCUT2D eigenvalue weighted by molar-refractivity contribution is 0.673. The Bertz CT molecular complexity index is 121. The first-order valence-corrected chi connectivity index (χ1v) is 4.85. The summed E-state index contributed by atoms with van der Waals surface area (Å²) in [5.41, 5.74) is 5.54. The first-order valence-electron chi connectivity index (χ1n) is 4.85. The summed E-state index contributed by atoms with van der Waals surface area (Å²) in [5.74, 6) is 0.578. The highest BCUT2D eigenvalue weighted by Crippen LogP contribution is 1.98. The van der Waals surface area contributed by atoms with Gasteiger partial charge in [-0.1, -0.05) is 26.2 Å². The summed E-state index contributed by atoms with van der Waals surface area (Å²) in [6, 6.07) is 0. The number of guanidine groups is 1. The Morgan fingerprint density at radius 2 is 2.00 bits per heavy atom. The molecule has 0 rings (SSSR count). The van der Waals surface area contributed by atoms with Gasteiger partial charge in [0.25, 0.3) is 0 Å². The van der Waals surface area contributed by atoms with Gasteiger partial charge in [0.2, 0.25) is 0 Å². The fraction of sp³-hybridized carbons (Fsp3) is 0.889. The van der Waals surface area contributed by atoms with Crippen LogP contribution in [0.4, 0.5) is 0 Å². The van der Waals surface area contributed by atoms with Crippen LogP contribution in [0.3, 0.4) is 0 Å². The van der Waals surface area contributed by atoms with E-state index < -0.39 is 0 Å². The second-order valence-corrected chi connectivity index (χ2v) is 2.86. The van der Waals surface area contributed by atoms with E-state index >= 15 is 0 Å². The first kappa shape index (κ1) is 11.3. The van der Waals surface area contributed by atoms with E-state index in [-0.39, 0.29) is 0 Å². The Balaban J connectivity index is 3.21. The second kappa shape index (κ2) is 8.37. The van der Waals surface area contributed by atoms with E-state index in [2.05, 4.69) is 17.2 Å². The van der Waals surface area contributed by atoms with Crippen LogP contribution in [-0.4, -0.2) is 19.0 Å². The smallest absolute Gasteiger partial charge is 0.188 e. The van der Waals surface area contributed by atoms with Crippen molar-refractivity contribution in [2.45, 2.75) is 39.5 Å². The van der Waals surface area contributed by atoms with E-state index in [1.807, 2.05) is 6.92 Å². The summed E-state index contributed by atoms with van der Waals surface area (Å²) in [5, 5.41) is 2.96. The number of unbranched alkanes of at least 4 members (excludes halogenated alkanes) is 3. The third kappa shape index (κ3) is 7.38. The molecule has 12 heavy (non-hydrogen) atoms. The summed E-state index contributed by atoms with van der Waals surface area (Å²) in [4.78, 5) is 4.17. The van der Waals surface area contributed by atoms with Gasteiger partial charge < -0.3 is 11.1 Å². The molecule has 0 bridgehead atoms. The maximum atomic E-state index is 5.54. The van der Waals surface area contributed by atoms with Crippen molar-refractivity contribution in [3.8, 4) is 0 Å². The number of rotatable bonds is 6.